The largest absolute Gasteiger partial charge is 0.468 e. The second-order valence-electron chi connectivity index (χ2n) is 4.98. The molecule has 0 unspecified atom stereocenters. The van der Waals surface area contributed by atoms with E-state index in [1.807, 2.05) is 0 Å². The molecule has 1 saturated heterocycles. The van der Waals surface area contributed by atoms with Gasteiger partial charge in [-0.25, -0.2) is 0 Å². The molecule has 3 rings (SSSR count). The second kappa shape index (κ2) is 4.11. The van der Waals surface area contributed by atoms with Crippen LogP contribution < -0.4 is 5.32 Å². The van der Waals surface area contributed by atoms with Gasteiger partial charge in [-0.2, -0.15) is 0 Å². The molecule has 1 aromatic rings. The minimum Gasteiger partial charge on any atom is -0.468 e. The number of hydrogen-bond acceptors (Lipinski definition) is 6. The molecule has 1 saturated carbocycles. The van der Waals surface area contributed by atoms with Gasteiger partial charge in [-0.1, -0.05) is 12.1 Å². The first-order valence-electron chi connectivity index (χ1n) is 6.12. The third-order valence-corrected chi connectivity index (χ3v) is 4.07. The lowest BCUT2D eigenvalue weighted by molar-refractivity contribution is -0.384. The Kier molecular flexibility index (Phi) is 2.59. The molecule has 1 aromatic carbocycles. The predicted molar refractivity (Wildman–Crippen MR) is 66.9 cm³/mol. The number of esters is 1. The quantitative estimate of drug-likeness (QED) is 0.360. The van der Waals surface area contributed by atoms with Gasteiger partial charge in [0.2, 0.25) is 11.8 Å². The summed E-state index contributed by atoms with van der Waals surface area (Å²) in [6.07, 6.45) is 0. The Morgan fingerprint density at radius 2 is 1.95 bits per heavy atom. The molecule has 3 atom stereocenters. The van der Waals surface area contributed by atoms with Crippen molar-refractivity contribution in [3.8, 4) is 0 Å². The summed E-state index contributed by atoms with van der Waals surface area (Å²) in [5.74, 6) is -3.57. The summed E-state index contributed by atoms with van der Waals surface area (Å²) in [5.41, 5.74) is -1.41. The number of nitro groups is 1. The number of ether oxygens (including phenoxy) is 1. The fraction of sp³-hybridized carbons (Fsp3) is 0.308. The normalized spacial score (nSPS) is 29.6. The fourth-order valence-corrected chi connectivity index (χ4v) is 3.16. The second-order valence-corrected chi connectivity index (χ2v) is 4.98. The van der Waals surface area contributed by atoms with Crippen molar-refractivity contribution >= 4 is 23.5 Å². The van der Waals surface area contributed by atoms with E-state index in [1.165, 1.54) is 24.3 Å². The number of amides is 2. The minimum atomic E-state index is -1.44. The van der Waals surface area contributed by atoms with Gasteiger partial charge in [0.05, 0.1) is 23.9 Å². The number of benzene rings is 1. The third-order valence-electron chi connectivity index (χ3n) is 4.07. The van der Waals surface area contributed by atoms with Gasteiger partial charge in [0, 0.05) is 12.1 Å². The number of carbonyl (C=O) groups is 3. The molecule has 8 nitrogen and oxygen atoms in total. The Hall–Kier alpha value is -2.77. The van der Waals surface area contributed by atoms with Crippen molar-refractivity contribution in [2.45, 2.75) is 5.41 Å². The van der Waals surface area contributed by atoms with Crippen molar-refractivity contribution in [2.75, 3.05) is 7.11 Å². The zero-order valence-corrected chi connectivity index (χ0v) is 10.9. The van der Waals surface area contributed by atoms with Crippen molar-refractivity contribution in [3.05, 3.63) is 39.9 Å². The third kappa shape index (κ3) is 1.52. The topological polar surface area (TPSA) is 116 Å². The van der Waals surface area contributed by atoms with E-state index in [0.29, 0.717) is 0 Å². The van der Waals surface area contributed by atoms with Crippen LogP contribution in [0.25, 0.3) is 0 Å². The summed E-state index contributed by atoms with van der Waals surface area (Å²) in [6.45, 7) is 0. The molecule has 0 bridgehead atoms. The number of methoxy groups -OCH3 is 1. The molecule has 2 amide bonds. The molecule has 2 aliphatic rings. The summed E-state index contributed by atoms with van der Waals surface area (Å²) in [7, 11) is 1.15. The summed E-state index contributed by atoms with van der Waals surface area (Å²) in [5, 5.41) is 13.0. The molecule has 0 spiro atoms. The summed E-state index contributed by atoms with van der Waals surface area (Å²) in [4.78, 5) is 46.0. The van der Waals surface area contributed by atoms with Crippen LogP contribution in [0.5, 0.6) is 0 Å². The number of nitrogens with one attached hydrogen (secondary N) is 1. The summed E-state index contributed by atoms with van der Waals surface area (Å²) >= 11 is 0. The zero-order chi connectivity index (χ0) is 15.4. The van der Waals surface area contributed by atoms with Crippen LogP contribution in [0, 0.1) is 22.0 Å². The van der Waals surface area contributed by atoms with Crippen LogP contribution in [-0.2, 0) is 24.5 Å². The van der Waals surface area contributed by atoms with Gasteiger partial charge in [-0.05, 0) is 5.56 Å². The Bertz CT molecular complexity index is 678. The molecule has 0 aromatic heterocycles. The van der Waals surface area contributed by atoms with Crippen molar-refractivity contribution in [2.24, 2.45) is 11.8 Å². The van der Waals surface area contributed by atoms with E-state index >= 15 is 0 Å². The maximum atomic E-state index is 12.2. The number of non-ortho nitro benzene ring substituents is 1. The monoisotopic (exact) mass is 290 g/mol. The van der Waals surface area contributed by atoms with E-state index in [-0.39, 0.29) is 11.3 Å². The van der Waals surface area contributed by atoms with E-state index in [1.54, 1.807) is 0 Å². The van der Waals surface area contributed by atoms with Crippen LogP contribution in [-0.4, -0.2) is 29.8 Å². The van der Waals surface area contributed by atoms with E-state index in [4.69, 9.17) is 4.74 Å². The van der Waals surface area contributed by atoms with Crippen LogP contribution in [0.4, 0.5) is 5.69 Å². The number of hydrogen-bond donors (Lipinski definition) is 1. The Morgan fingerprint density at radius 1 is 1.33 bits per heavy atom. The molecule has 1 N–H and O–H groups in total. The fourth-order valence-electron chi connectivity index (χ4n) is 3.16. The molecule has 108 valence electrons. The minimum absolute atomic E-state index is 0.214. The molecule has 1 aliphatic carbocycles. The highest BCUT2D eigenvalue weighted by molar-refractivity contribution is 6.18. The molecule has 21 heavy (non-hydrogen) atoms. The van der Waals surface area contributed by atoms with Gasteiger partial charge in [0.25, 0.3) is 5.69 Å². The first kappa shape index (κ1) is 13.2. The Labute approximate surface area is 118 Å². The number of nitrogens with zero attached hydrogens (tertiary/aromatic N) is 1. The van der Waals surface area contributed by atoms with Crippen LogP contribution in [0.2, 0.25) is 0 Å². The van der Waals surface area contributed by atoms with E-state index in [9.17, 15) is 24.5 Å². The highest BCUT2D eigenvalue weighted by Crippen LogP contribution is 2.63. The van der Waals surface area contributed by atoms with E-state index in [0.717, 1.165) is 7.11 Å². The zero-order valence-electron chi connectivity index (χ0n) is 10.9. The maximum Gasteiger partial charge on any atom is 0.317 e. The van der Waals surface area contributed by atoms with Gasteiger partial charge in [-0.15, -0.1) is 0 Å². The lowest BCUT2D eigenvalue weighted by Gasteiger charge is -2.18. The first-order chi connectivity index (χ1) is 9.94. The lowest BCUT2D eigenvalue weighted by atomic mass is 9.89. The Morgan fingerprint density at radius 3 is 2.48 bits per heavy atom. The van der Waals surface area contributed by atoms with E-state index in [2.05, 4.69) is 5.32 Å². The van der Waals surface area contributed by atoms with Crippen molar-refractivity contribution in [1.29, 1.82) is 0 Å². The SMILES string of the molecule is COC(=O)[C@@]1(c2cccc([N+](=O)[O-])c2)[C@@H]2C(=O)NC(=O)[C@@H]21. The van der Waals surface area contributed by atoms with Gasteiger partial charge in [0.1, 0.15) is 5.41 Å². The first-order valence-corrected chi connectivity index (χ1v) is 6.12. The average Bonchev–Trinajstić information content (AvgIpc) is 3.09. The summed E-state index contributed by atoms with van der Waals surface area (Å²) < 4.78 is 4.72. The summed E-state index contributed by atoms with van der Waals surface area (Å²) in [6, 6.07) is 5.38. The number of rotatable bonds is 3. The van der Waals surface area contributed by atoms with Crippen molar-refractivity contribution in [1.82, 2.24) is 5.32 Å². The number of imide groups is 1. The van der Waals surface area contributed by atoms with E-state index < -0.39 is 40.0 Å². The molecule has 1 aliphatic heterocycles. The van der Waals surface area contributed by atoms with Crippen LogP contribution in [0.3, 0.4) is 0 Å². The number of carbonyl (C=O) groups excluding carboxylic acids is 3. The lowest BCUT2D eigenvalue weighted by Crippen LogP contribution is -2.39. The number of fused-ring (bicyclic) bond motifs is 1. The van der Waals surface area contributed by atoms with Crippen LogP contribution >= 0.6 is 0 Å². The van der Waals surface area contributed by atoms with Gasteiger partial charge in [-0.3, -0.25) is 29.8 Å². The van der Waals surface area contributed by atoms with Crippen LogP contribution in [0.1, 0.15) is 5.56 Å². The standard InChI is InChI=1S/C13H10N2O6/c1-21-12(18)13(8-9(13)11(17)14-10(8)16)6-3-2-4-7(5-6)15(19)20/h2-5,8-9H,1H3,(H,14,16,17)/t8-,9+,13-. The van der Waals surface area contributed by atoms with Crippen molar-refractivity contribution < 1.29 is 24.0 Å². The molecular weight excluding hydrogens is 280 g/mol. The smallest absolute Gasteiger partial charge is 0.317 e. The maximum absolute atomic E-state index is 12.2. The van der Waals surface area contributed by atoms with Gasteiger partial charge >= 0.3 is 5.97 Å². The molecule has 1 heterocycles. The predicted octanol–water partition coefficient (Wildman–Crippen LogP) is -0.0920. The number of nitro benzene ring substituents is 1. The van der Waals surface area contributed by atoms with Crippen LogP contribution in [0.15, 0.2) is 24.3 Å². The molecule has 2 fully saturated rings. The molecule has 8 heteroatoms. The van der Waals surface area contributed by atoms with Crippen molar-refractivity contribution in [3.63, 3.8) is 0 Å². The molecular formula is C13H10N2O6. The average molecular weight is 290 g/mol. The highest BCUT2D eigenvalue weighted by atomic mass is 16.6. The number of piperidine rings is 1. The molecule has 0 radical (unpaired) electrons. The van der Waals surface area contributed by atoms with Gasteiger partial charge in [0.15, 0.2) is 0 Å². The highest BCUT2D eigenvalue weighted by Gasteiger charge is 2.80. The Balaban J connectivity index is 2.14. The van der Waals surface area contributed by atoms with Gasteiger partial charge < -0.3 is 4.74 Å².